The Morgan fingerprint density at radius 3 is 2.05 bits per heavy atom. The summed E-state index contributed by atoms with van der Waals surface area (Å²) in [5.41, 5.74) is 3.95. The van der Waals surface area contributed by atoms with Gasteiger partial charge in [-0.05, 0) is 60.7 Å². The largest absolute Gasteiger partial charge is 0.345 e. The van der Waals surface area contributed by atoms with Crippen LogP contribution in [-0.4, -0.2) is 7.05 Å². The highest BCUT2D eigenvalue weighted by Gasteiger charge is 2.15. The lowest BCUT2D eigenvalue weighted by Crippen LogP contribution is -2.10. The monoisotopic (exact) mass is 291 g/mol. The van der Waals surface area contributed by atoms with Gasteiger partial charge in [0, 0.05) is 19.8 Å². The molecule has 22 heavy (non-hydrogen) atoms. The molecular formula is C20H22N2. The summed E-state index contributed by atoms with van der Waals surface area (Å²) in [7, 11) is 2.02. The number of rotatable bonds is 3. The number of anilines is 2. The van der Waals surface area contributed by atoms with Gasteiger partial charge in [0.05, 0.1) is 11.6 Å². The number of hydrogen-bond donors (Lipinski definition) is 0. The van der Waals surface area contributed by atoms with Crippen molar-refractivity contribution in [3.8, 4) is 6.07 Å². The average Bonchev–Trinajstić information content (AvgIpc) is 2.62. The Balaban J connectivity index is 1.79. The van der Waals surface area contributed by atoms with Crippen molar-refractivity contribution < 1.29 is 1.37 Å². The van der Waals surface area contributed by atoms with Gasteiger partial charge in [0.2, 0.25) is 0 Å². The number of nitriles is 1. The maximum absolute atomic E-state index is 8.88. The fraction of sp³-hybridized carbons (Fsp3) is 0.350. The van der Waals surface area contributed by atoms with Gasteiger partial charge in [-0.2, -0.15) is 5.26 Å². The molecule has 0 N–H and O–H groups in total. The van der Waals surface area contributed by atoms with Crippen molar-refractivity contribution in [2.75, 3.05) is 11.9 Å². The highest BCUT2D eigenvalue weighted by atomic mass is 15.1. The Kier molecular flexibility index (Phi) is 4.06. The van der Waals surface area contributed by atoms with Crippen LogP contribution in [0, 0.1) is 11.3 Å². The molecule has 2 aromatic carbocycles. The molecule has 3 rings (SSSR count). The van der Waals surface area contributed by atoms with Crippen LogP contribution in [-0.2, 0) is 0 Å². The molecule has 2 heteroatoms. The molecule has 0 saturated heterocycles. The second-order valence-electron chi connectivity index (χ2n) is 5.93. The third-order valence-electron chi connectivity index (χ3n) is 4.50. The zero-order valence-electron chi connectivity index (χ0n) is 14.0. The highest BCUT2D eigenvalue weighted by molar-refractivity contribution is 5.63. The molecule has 0 unspecified atom stereocenters. The van der Waals surface area contributed by atoms with Crippen LogP contribution in [0.15, 0.2) is 48.5 Å². The quantitative estimate of drug-likeness (QED) is 0.759. The lowest BCUT2D eigenvalue weighted by molar-refractivity contribution is 0.443. The van der Waals surface area contributed by atoms with Gasteiger partial charge < -0.3 is 4.90 Å². The smallest absolute Gasteiger partial charge is 0.0991 e. The summed E-state index contributed by atoms with van der Waals surface area (Å²) in [4.78, 5) is 2.10. The molecule has 1 fully saturated rings. The summed E-state index contributed by atoms with van der Waals surface area (Å²) in [6, 6.07) is 18.1. The van der Waals surface area contributed by atoms with Crippen LogP contribution < -0.4 is 4.90 Å². The van der Waals surface area contributed by atoms with E-state index < -0.39 is 5.89 Å². The molecule has 0 spiro atoms. The first-order valence-electron chi connectivity index (χ1n) is 8.47. The van der Waals surface area contributed by atoms with Crippen molar-refractivity contribution in [3.05, 3.63) is 59.7 Å². The van der Waals surface area contributed by atoms with E-state index in [4.69, 9.17) is 6.63 Å². The first-order valence-corrected chi connectivity index (χ1v) is 7.97. The summed E-state index contributed by atoms with van der Waals surface area (Å²) in [5.74, 6) is -0.399. The number of benzene rings is 2. The van der Waals surface area contributed by atoms with Gasteiger partial charge >= 0.3 is 0 Å². The Hall–Kier alpha value is -2.27. The van der Waals surface area contributed by atoms with E-state index in [1.54, 1.807) is 0 Å². The van der Waals surface area contributed by atoms with Crippen LogP contribution in [0.3, 0.4) is 0 Å². The van der Waals surface area contributed by atoms with Gasteiger partial charge in [-0.1, -0.05) is 31.4 Å². The van der Waals surface area contributed by atoms with Gasteiger partial charge in [0.15, 0.2) is 0 Å². The molecule has 0 aliphatic heterocycles. The summed E-state index contributed by atoms with van der Waals surface area (Å²) in [6.07, 6.45) is 5.53. The maximum Gasteiger partial charge on any atom is 0.0991 e. The molecule has 2 aromatic rings. The fourth-order valence-electron chi connectivity index (χ4n) is 3.10. The summed E-state index contributed by atoms with van der Waals surface area (Å²) >= 11 is 0. The lowest BCUT2D eigenvalue weighted by atomic mass is 9.84. The van der Waals surface area contributed by atoms with Crippen LogP contribution in [0.25, 0.3) is 0 Å². The molecule has 0 radical (unpaired) electrons. The third kappa shape index (κ3) is 3.14. The van der Waals surface area contributed by atoms with Gasteiger partial charge in [-0.15, -0.1) is 0 Å². The summed E-state index contributed by atoms with van der Waals surface area (Å²) in [5, 5.41) is 8.88. The van der Waals surface area contributed by atoms with E-state index in [9.17, 15) is 0 Å². The average molecular weight is 291 g/mol. The lowest BCUT2D eigenvalue weighted by Gasteiger charge is -2.24. The molecule has 1 aliphatic rings. The minimum Gasteiger partial charge on any atom is -0.345 e. The predicted octanol–water partition coefficient (Wildman–Crippen LogP) is 5.37. The van der Waals surface area contributed by atoms with Gasteiger partial charge in [-0.3, -0.25) is 0 Å². The third-order valence-corrected chi connectivity index (χ3v) is 4.50. The summed E-state index contributed by atoms with van der Waals surface area (Å²) in [6.45, 7) is 0. The van der Waals surface area contributed by atoms with E-state index in [0.29, 0.717) is 5.56 Å². The molecule has 0 bridgehead atoms. The molecule has 112 valence electrons. The molecule has 0 aromatic heterocycles. The maximum atomic E-state index is 8.88. The predicted molar refractivity (Wildman–Crippen MR) is 91.5 cm³/mol. The van der Waals surface area contributed by atoms with Crippen molar-refractivity contribution in [1.82, 2.24) is 0 Å². The van der Waals surface area contributed by atoms with Crippen LogP contribution in [0.1, 0.15) is 50.5 Å². The molecule has 1 saturated carbocycles. The Morgan fingerprint density at radius 2 is 1.50 bits per heavy atom. The minimum absolute atomic E-state index is 0.399. The van der Waals surface area contributed by atoms with Gasteiger partial charge in [-0.25, -0.2) is 0 Å². The SMILES string of the molecule is [2H]C1(c2ccc(N(C)c3ccc(C#N)cc3)cc2)CCCCC1. The van der Waals surface area contributed by atoms with Crippen molar-refractivity contribution in [2.24, 2.45) is 0 Å². The van der Waals surface area contributed by atoms with Crippen LogP contribution in [0.4, 0.5) is 11.4 Å². The Morgan fingerprint density at radius 1 is 0.955 bits per heavy atom. The van der Waals surface area contributed by atoms with Crippen molar-refractivity contribution in [1.29, 1.82) is 5.26 Å². The van der Waals surface area contributed by atoms with Gasteiger partial charge in [0.1, 0.15) is 0 Å². The van der Waals surface area contributed by atoms with Crippen molar-refractivity contribution >= 4 is 11.4 Å². The first-order chi connectivity index (χ1) is 11.1. The Bertz CT molecular complexity index is 692. The molecule has 1 aliphatic carbocycles. The minimum atomic E-state index is -0.399. The normalized spacial score (nSPS) is 17.4. The second kappa shape index (κ2) is 6.66. The highest BCUT2D eigenvalue weighted by Crippen LogP contribution is 2.34. The standard InChI is InChI=1S/C20H22N2/c1-22(19-11-7-16(15-21)8-12-19)20-13-9-18(10-14-20)17-5-3-2-4-6-17/h7-14,17H,2-6H2,1H3/i17D. The van der Waals surface area contributed by atoms with Crippen molar-refractivity contribution in [3.63, 3.8) is 0 Å². The second-order valence-corrected chi connectivity index (χ2v) is 5.93. The number of nitrogens with zero attached hydrogens (tertiary/aromatic N) is 2. The van der Waals surface area contributed by atoms with Crippen molar-refractivity contribution in [2.45, 2.75) is 38.0 Å². The fourth-order valence-corrected chi connectivity index (χ4v) is 3.10. The van der Waals surface area contributed by atoms with Crippen LogP contribution >= 0.6 is 0 Å². The molecule has 0 amide bonds. The zero-order valence-corrected chi connectivity index (χ0v) is 13.0. The number of hydrogen-bond acceptors (Lipinski definition) is 2. The first kappa shape index (κ1) is 13.4. The molecule has 0 atom stereocenters. The van der Waals surface area contributed by atoms with E-state index in [1.165, 1.54) is 6.42 Å². The van der Waals surface area contributed by atoms with E-state index in [0.717, 1.165) is 42.6 Å². The van der Waals surface area contributed by atoms with Crippen LogP contribution in [0.5, 0.6) is 0 Å². The van der Waals surface area contributed by atoms with E-state index in [1.807, 2.05) is 31.3 Å². The topological polar surface area (TPSA) is 27.0 Å². The molecule has 0 heterocycles. The van der Waals surface area contributed by atoms with Gasteiger partial charge in [0.25, 0.3) is 0 Å². The van der Waals surface area contributed by atoms with Crippen LogP contribution in [0.2, 0.25) is 0 Å². The zero-order chi connectivity index (χ0) is 16.3. The summed E-state index contributed by atoms with van der Waals surface area (Å²) < 4.78 is 8.70. The Labute approximate surface area is 134 Å². The van der Waals surface area contributed by atoms with E-state index >= 15 is 0 Å². The molecule has 2 nitrogen and oxygen atoms in total. The van der Waals surface area contributed by atoms with E-state index in [2.05, 4.69) is 35.2 Å². The van der Waals surface area contributed by atoms with E-state index in [-0.39, 0.29) is 0 Å². The molecular weight excluding hydrogens is 268 g/mol.